The summed E-state index contributed by atoms with van der Waals surface area (Å²) in [5.74, 6) is 0. The van der Waals surface area contributed by atoms with E-state index in [1.54, 1.807) is 0 Å². The quantitative estimate of drug-likeness (QED) is 0.704. The molecule has 2 aromatic rings. The topological polar surface area (TPSA) is 12.0 Å². The van der Waals surface area contributed by atoms with Crippen LogP contribution in [0.5, 0.6) is 0 Å². The van der Waals surface area contributed by atoms with E-state index in [4.69, 9.17) is 11.6 Å². The average molecular weight is 367 g/mol. The maximum absolute atomic E-state index is 6.51. The van der Waals surface area contributed by atoms with E-state index in [9.17, 15) is 0 Å². The highest BCUT2D eigenvalue weighted by atomic mass is 79.9. The zero-order chi connectivity index (χ0) is 15.4. The van der Waals surface area contributed by atoms with Crippen molar-refractivity contribution in [2.45, 2.75) is 33.2 Å². The molecule has 0 saturated carbocycles. The zero-order valence-corrected chi connectivity index (χ0v) is 15.1. The van der Waals surface area contributed by atoms with E-state index in [0.717, 1.165) is 28.0 Å². The molecule has 1 unspecified atom stereocenters. The van der Waals surface area contributed by atoms with E-state index in [1.807, 2.05) is 6.07 Å². The Morgan fingerprint density at radius 2 is 1.86 bits per heavy atom. The molecular formula is C18H21BrClN. The summed E-state index contributed by atoms with van der Waals surface area (Å²) in [5, 5.41) is 4.44. The Morgan fingerprint density at radius 1 is 1.14 bits per heavy atom. The standard InChI is InChI=1S/C18H21BrClN/c1-4-8-21-18(14-6-5-7-15(19)11-14)16-9-12(2)13(3)10-17(16)20/h5-7,9-11,18,21H,4,8H2,1-3H3. The first-order valence-corrected chi connectivity index (χ1v) is 8.45. The van der Waals surface area contributed by atoms with Crippen LogP contribution in [0.15, 0.2) is 40.9 Å². The molecule has 0 radical (unpaired) electrons. The number of hydrogen-bond acceptors (Lipinski definition) is 1. The second-order valence-electron chi connectivity index (χ2n) is 5.40. The van der Waals surface area contributed by atoms with E-state index in [-0.39, 0.29) is 6.04 Å². The Kier molecular flexibility index (Phi) is 5.86. The molecule has 0 spiro atoms. The summed E-state index contributed by atoms with van der Waals surface area (Å²) in [4.78, 5) is 0. The van der Waals surface area contributed by atoms with Gasteiger partial charge in [-0.15, -0.1) is 0 Å². The number of aryl methyl sites for hydroxylation is 2. The fourth-order valence-corrected chi connectivity index (χ4v) is 3.15. The lowest BCUT2D eigenvalue weighted by Crippen LogP contribution is -2.23. The molecule has 2 aromatic carbocycles. The van der Waals surface area contributed by atoms with Crippen LogP contribution in [0.1, 0.15) is 41.6 Å². The van der Waals surface area contributed by atoms with Gasteiger partial charge in [0, 0.05) is 9.50 Å². The molecule has 0 bridgehead atoms. The van der Waals surface area contributed by atoms with E-state index in [0.29, 0.717) is 0 Å². The van der Waals surface area contributed by atoms with E-state index in [2.05, 4.69) is 72.3 Å². The molecule has 0 aliphatic rings. The van der Waals surface area contributed by atoms with Gasteiger partial charge in [-0.1, -0.05) is 52.7 Å². The second-order valence-corrected chi connectivity index (χ2v) is 6.72. The number of hydrogen-bond donors (Lipinski definition) is 1. The minimum atomic E-state index is 0.120. The van der Waals surface area contributed by atoms with Crippen molar-refractivity contribution in [1.29, 1.82) is 0 Å². The molecule has 0 amide bonds. The number of benzene rings is 2. The predicted octanol–water partition coefficient (Wildman–Crippen LogP) is 5.81. The van der Waals surface area contributed by atoms with E-state index < -0.39 is 0 Å². The fourth-order valence-electron chi connectivity index (χ4n) is 2.41. The lowest BCUT2D eigenvalue weighted by molar-refractivity contribution is 0.598. The lowest BCUT2D eigenvalue weighted by atomic mass is 9.95. The molecule has 0 saturated heterocycles. The third kappa shape index (κ3) is 4.09. The van der Waals surface area contributed by atoms with Crippen LogP contribution in [0.3, 0.4) is 0 Å². The summed E-state index contributed by atoms with van der Waals surface area (Å²) in [5.41, 5.74) is 4.87. The van der Waals surface area contributed by atoms with Crippen LogP contribution in [0, 0.1) is 13.8 Å². The second kappa shape index (κ2) is 7.44. The molecule has 112 valence electrons. The third-order valence-electron chi connectivity index (χ3n) is 3.70. The van der Waals surface area contributed by atoms with Gasteiger partial charge in [0.05, 0.1) is 6.04 Å². The van der Waals surface area contributed by atoms with Gasteiger partial charge in [-0.3, -0.25) is 0 Å². The van der Waals surface area contributed by atoms with Gasteiger partial charge >= 0.3 is 0 Å². The van der Waals surface area contributed by atoms with Gasteiger partial charge in [-0.05, 0) is 67.3 Å². The van der Waals surface area contributed by atoms with Crippen molar-refractivity contribution in [3.8, 4) is 0 Å². The summed E-state index contributed by atoms with van der Waals surface area (Å²) in [6.07, 6.45) is 1.09. The molecule has 0 fully saturated rings. The summed E-state index contributed by atoms with van der Waals surface area (Å²) in [6.45, 7) is 7.36. The Balaban J connectivity index is 2.47. The zero-order valence-electron chi connectivity index (χ0n) is 12.7. The maximum atomic E-state index is 6.51. The molecule has 0 aliphatic heterocycles. The van der Waals surface area contributed by atoms with Crippen LogP contribution in [0.2, 0.25) is 5.02 Å². The Morgan fingerprint density at radius 3 is 2.52 bits per heavy atom. The number of nitrogens with one attached hydrogen (secondary N) is 1. The molecule has 1 N–H and O–H groups in total. The molecular weight excluding hydrogens is 346 g/mol. The molecule has 0 heterocycles. The minimum Gasteiger partial charge on any atom is -0.306 e. The maximum Gasteiger partial charge on any atom is 0.0591 e. The molecule has 1 nitrogen and oxygen atoms in total. The fraction of sp³-hybridized carbons (Fsp3) is 0.333. The SMILES string of the molecule is CCCNC(c1cccc(Br)c1)c1cc(C)c(C)cc1Cl. The minimum absolute atomic E-state index is 0.120. The van der Waals surface area contributed by atoms with Crippen LogP contribution in [-0.2, 0) is 0 Å². The van der Waals surface area contributed by atoms with Crippen molar-refractivity contribution < 1.29 is 0 Å². The summed E-state index contributed by atoms with van der Waals surface area (Å²) in [6, 6.07) is 12.8. The summed E-state index contributed by atoms with van der Waals surface area (Å²) >= 11 is 10.1. The van der Waals surface area contributed by atoms with Crippen molar-refractivity contribution in [3.05, 3.63) is 68.1 Å². The van der Waals surface area contributed by atoms with Crippen molar-refractivity contribution in [2.24, 2.45) is 0 Å². The number of rotatable bonds is 5. The van der Waals surface area contributed by atoms with Crippen LogP contribution < -0.4 is 5.32 Å². The van der Waals surface area contributed by atoms with Crippen LogP contribution in [0.25, 0.3) is 0 Å². The highest BCUT2D eigenvalue weighted by Gasteiger charge is 2.17. The highest BCUT2D eigenvalue weighted by Crippen LogP contribution is 2.31. The first-order valence-electron chi connectivity index (χ1n) is 7.28. The average Bonchev–Trinajstić information content (AvgIpc) is 2.44. The number of halogens is 2. The van der Waals surface area contributed by atoms with Crippen LogP contribution in [0.4, 0.5) is 0 Å². The molecule has 2 rings (SSSR count). The largest absolute Gasteiger partial charge is 0.306 e. The molecule has 0 aliphatic carbocycles. The van der Waals surface area contributed by atoms with Gasteiger partial charge in [-0.25, -0.2) is 0 Å². The third-order valence-corrected chi connectivity index (χ3v) is 4.53. The predicted molar refractivity (Wildman–Crippen MR) is 95.2 cm³/mol. The van der Waals surface area contributed by atoms with Gasteiger partial charge in [-0.2, -0.15) is 0 Å². The first kappa shape index (κ1) is 16.5. The van der Waals surface area contributed by atoms with E-state index in [1.165, 1.54) is 16.7 Å². The van der Waals surface area contributed by atoms with Gasteiger partial charge in [0.25, 0.3) is 0 Å². The normalized spacial score (nSPS) is 12.4. The van der Waals surface area contributed by atoms with Crippen molar-refractivity contribution >= 4 is 27.5 Å². The van der Waals surface area contributed by atoms with E-state index >= 15 is 0 Å². The molecule has 21 heavy (non-hydrogen) atoms. The monoisotopic (exact) mass is 365 g/mol. The molecule has 1 atom stereocenters. The van der Waals surface area contributed by atoms with Crippen molar-refractivity contribution in [3.63, 3.8) is 0 Å². The Bertz CT molecular complexity index is 625. The lowest BCUT2D eigenvalue weighted by Gasteiger charge is -2.22. The van der Waals surface area contributed by atoms with Gasteiger partial charge in [0.1, 0.15) is 0 Å². The highest BCUT2D eigenvalue weighted by molar-refractivity contribution is 9.10. The first-order chi connectivity index (χ1) is 10.0. The summed E-state index contributed by atoms with van der Waals surface area (Å²) in [7, 11) is 0. The van der Waals surface area contributed by atoms with Gasteiger partial charge < -0.3 is 5.32 Å². The Labute approximate surface area is 140 Å². The van der Waals surface area contributed by atoms with Crippen molar-refractivity contribution in [1.82, 2.24) is 5.32 Å². The van der Waals surface area contributed by atoms with Gasteiger partial charge in [0.15, 0.2) is 0 Å². The molecule has 0 aromatic heterocycles. The Hall–Kier alpha value is -0.830. The van der Waals surface area contributed by atoms with Gasteiger partial charge in [0.2, 0.25) is 0 Å². The smallest absolute Gasteiger partial charge is 0.0591 e. The van der Waals surface area contributed by atoms with Crippen molar-refractivity contribution in [2.75, 3.05) is 6.54 Å². The van der Waals surface area contributed by atoms with Crippen LogP contribution >= 0.6 is 27.5 Å². The summed E-state index contributed by atoms with van der Waals surface area (Å²) < 4.78 is 1.09. The molecule has 3 heteroatoms. The van der Waals surface area contributed by atoms with Crippen LogP contribution in [-0.4, -0.2) is 6.54 Å².